The van der Waals surface area contributed by atoms with Gasteiger partial charge in [0, 0.05) is 61.2 Å². The minimum Gasteiger partial charge on any atom is -0.346 e. The van der Waals surface area contributed by atoms with E-state index in [1.165, 1.54) is 5.56 Å². The Morgan fingerprint density at radius 1 is 0.971 bits per heavy atom. The van der Waals surface area contributed by atoms with Gasteiger partial charge in [-0.2, -0.15) is 5.10 Å². The molecule has 0 aliphatic carbocycles. The van der Waals surface area contributed by atoms with Crippen LogP contribution in [0.15, 0.2) is 84.5 Å². The summed E-state index contributed by atoms with van der Waals surface area (Å²) < 4.78 is 1.94. The molecule has 0 N–H and O–H groups in total. The SMILES string of the molecule is O=C(/C=C/c1cn(Cc2ccccc2)nc1-c1ccccc1)N1CCCN(c2nccs2)CC1. The van der Waals surface area contributed by atoms with Crippen LogP contribution in [-0.2, 0) is 11.3 Å². The first-order valence-corrected chi connectivity index (χ1v) is 12.4. The molecule has 5 rings (SSSR count). The maximum Gasteiger partial charge on any atom is 0.246 e. The lowest BCUT2D eigenvalue weighted by Gasteiger charge is -2.20. The fourth-order valence-electron chi connectivity index (χ4n) is 4.20. The topological polar surface area (TPSA) is 54.3 Å². The largest absolute Gasteiger partial charge is 0.346 e. The molecule has 172 valence electrons. The van der Waals surface area contributed by atoms with E-state index in [4.69, 9.17) is 5.10 Å². The molecule has 6 nitrogen and oxygen atoms in total. The van der Waals surface area contributed by atoms with Gasteiger partial charge in [-0.25, -0.2) is 4.98 Å². The van der Waals surface area contributed by atoms with E-state index < -0.39 is 0 Å². The van der Waals surface area contributed by atoms with Crippen molar-refractivity contribution in [2.24, 2.45) is 0 Å². The van der Waals surface area contributed by atoms with Crippen molar-refractivity contribution in [2.75, 3.05) is 31.1 Å². The van der Waals surface area contributed by atoms with Crippen LogP contribution in [0.5, 0.6) is 0 Å². The summed E-state index contributed by atoms with van der Waals surface area (Å²) in [7, 11) is 0. The number of anilines is 1. The highest BCUT2D eigenvalue weighted by Gasteiger charge is 2.19. The summed E-state index contributed by atoms with van der Waals surface area (Å²) in [6.07, 6.45) is 8.38. The van der Waals surface area contributed by atoms with Crippen LogP contribution in [0, 0.1) is 0 Å². The van der Waals surface area contributed by atoms with Gasteiger partial charge in [-0.3, -0.25) is 9.48 Å². The van der Waals surface area contributed by atoms with E-state index in [1.807, 2.05) is 69.8 Å². The first kappa shape index (κ1) is 22.1. The summed E-state index contributed by atoms with van der Waals surface area (Å²) in [6.45, 7) is 3.86. The Morgan fingerprint density at radius 2 is 1.76 bits per heavy atom. The maximum atomic E-state index is 13.0. The minimum atomic E-state index is 0.0378. The third-order valence-electron chi connectivity index (χ3n) is 5.93. The molecule has 0 saturated carbocycles. The van der Waals surface area contributed by atoms with Crippen LogP contribution in [0.25, 0.3) is 17.3 Å². The lowest BCUT2D eigenvalue weighted by atomic mass is 10.1. The van der Waals surface area contributed by atoms with Crippen molar-refractivity contribution in [1.82, 2.24) is 19.7 Å². The quantitative estimate of drug-likeness (QED) is 0.381. The molecule has 34 heavy (non-hydrogen) atoms. The van der Waals surface area contributed by atoms with E-state index in [0.29, 0.717) is 13.1 Å². The molecule has 0 unspecified atom stereocenters. The number of carbonyl (C=O) groups excluding carboxylic acids is 1. The summed E-state index contributed by atoms with van der Waals surface area (Å²) in [5, 5.41) is 7.87. The highest BCUT2D eigenvalue weighted by atomic mass is 32.1. The molecule has 0 atom stereocenters. The zero-order chi connectivity index (χ0) is 23.2. The summed E-state index contributed by atoms with van der Waals surface area (Å²) >= 11 is 1.65. The Balaban J connectivity index is 1.33. The molecule has 3 heterocycles. The Bertz CT molecular complexity index is 1230. The van der Waals surface area contributed by atoms with Crippen molar-refractivity contribution in [3.05, 3.63) is 95.6 Å². The van der Waals surface area contributed by atoms with Crippen LogP contribution in [-0.4, -0.2) is 51.8 Å². The van der Waals surface area contributed by atoms with Gasteiger partial charge in [0.1, 0.15) is 0 Å². The molecule has 1 fully saturated rings. The Hall–Kier alpha value is -3.71. The molecule has 1 amide bonds. The number of amides is 1. The fourth-order valence-corrected chi connectivity index (χ4v) is 4.90. The first-order valence-electron chi connectivity index (χ1n) is 11.5. The van der Waals surface area contributed by atoms with Crippen LogP contribution in [0.2, 0.25) is 0 Å². The van der Waals surface area contributed by atoms with E-state index in [9.17, 15) is 4.79 Å². The highest BCUT2D eigenvalue weighted by molar-refractivity contribution is 7.13. The molecule has 0 spiro atoms. The third kappa shape index (κ3) is 5.26. The zero-order valence-electron chi connectivity index (χ0n) is 19.0. The van der Waals surface area contributed by atoms with E-state index in [-0.39, 0.29) is 5.91 Å². The second-order valence-corrected chi connectivity index (χ2v) is 9.17. The minimum absolute atomic E-state index is 0.0378. The number of rotatable bonds is 6. The van der Waals surface area contributed by atoms with Crippen LogP contribution >= 0.6 is 11.3 Å². The standard InChI is InChI=1S/C27H27N5OS/c33-25(30-15-7-16-31(18-17-30)27-28-14-19-34-27)13-12-24-21-32(20-22-8-3-1-4-9-22)29-26(24)23-10-5-2-6-11-23/h1-6,8-14,19,21H,7,15-18,20H2/b13-12+. The number of aromatic nitrogens is 3. The molecule has 1 saturated heterocycles. The van der Waals surface area contributed by atoms with E-state index in [1.54, 1.807) is 17.4 Å². The number of nitrogens with zero attached hydrogens (tertiary/aromatic N) is 5. The van der Waals surface area contributed by atoms with Crippen LogP contribution in [0.4, 0.5) is 5.13 Å². The molecular weight excluding hydrogens is 442 g/mol. The van der Waals surface area contributed by atoms with Gasteiger partial charge in [-0.15, -0.1) is 11.3 Å². The van der Waals surface area contributed by atoms with E-state index >= 15 is 0 Å². The second kappa shape index (κ2) is 10.5. The average Bonchev–Trinajstić information content (AvgIpc) is 3.48. The number of hydrogen-bond acceptors (Lipinski definition) is 5. The normalized spacial score (nSPS) is 14.5. The maximum absolute atomic E-state index is 13.0. The fraction of sp³-hybridized carbons (Fsp3) is 0.222. The van der Waals surface area contributed by atoms with Gasteiger partial charge in [0.2, 0.25) is 5.91 Å². The molecule has 0 bridgehead atoms. The summed E-state index contributed by atoms with van der Waals surface area (Å²) in [6, 6.07) is 20.4. The van der Waals surface area contributed by atoms with E-state index in [0.717, 1.165) is 48.0 Å². The molecular formula is C27H27N5OS. The average molecular weight is 470 g/mol. The number of hydrogen-bond donors (Lipinski definition) is 0. The van der Waals surface area contributed by atoms with Crippen molar-refractivity contribution in [2.45, 2.75) is 13.0 Å². The summed E-state index contributed by atoms with van der Waals surface area (Å²) in [4.78, 5) is 21.7. The van der Waals surface area contributed by atoms with Gasteiger partial charge in [-0.1, -0.05) is 60.7 Å². The molecule has 0 radical (unpaired) electrons. The Kier molecular flexibility index (Phi) is 6.81. The smallest absolute Gasteiger partial charge is 0.246 e. The van der Waals surface area contributed by atoms with Gasteiger partial charge < -0.3 is 9.80 Å². The van der Waals surface area contributed by atoms with Crippen molar-refractivity contribution in [1.29, 1.82) is 0 Å². The number of benzene rings is 2. The zero-order valence-corrected chi connectivity index (χ0v) is 19.8. The molecule has 4 aromatic rings. The van der Waals surface area contributed by atoms with Crippen molar-refractivity contribution < 1.29 is 4.79 Å². The first-order chi connectivity index (χ1) is 16.8. The summed E-state index contributed by atoms with van der Waals surface area (Å²) in [5.41, 5.74) is 4.04. The predicted molar refractivity (Wildman–Crippen MR) is 138 cm³/mol. The highest BCUT2D eigenvalue weighted by Crippen LogP contribution is 2.24. The van der Waals surface area contributed by atoms with Gasteiger partial charge in [0.05, 0.1) is 12.2 Å². The Labute approximate surface area is 203 Å². The number of thiazole rings is 1. The van der Waals surface area contributed by atoms with Gasteiger partial charge in [-0.05, 0) is 18.1 Å². The predicted octanol–water partition coefficient (Wildman–Crippen LogP) is 4.81. The van der Waals surface area contributed by atoms with Crippen molar-refractivity contribution in [3.63, 3.8) is 0 Å². The van der Waals surface area contributed by atoms with Crippen LogP contribution in [0.1, 0.15) is 17.5 Å². The third-order valence-corrected chi connectivity index (χ3v) is 6.76. The molecule has 1 aliphatic heterocycles. The monoisotopic (exact) mass is 469 g/mol. The summed E-state index contributed by atoms with van der Waals surface area (Å²) in [5.74, 6) is 0.0378. The van der Waals surface area contributed by atoms with Gasteiger partial charge in [0.15, 0.2) is 5.13 Å². The Morgan fingerprint density at radius 3 is 2.53 bits per heavy atom. The molecule has 2 aromatic carbocycles. The van der Waals surface area contributed by atoms with Crippen LogP contribution in [0.3, 0.4) is 0 Å². The lowest BCUT2D eigenvalue weighted by Crippen LogP contribution is -2.34. The van der Waals surface area contributed by atoms with Crippen LogP contribution < -0.4 is 4.90 Å². The number of carbonyl (C=O) groups is 1. The van der Waals surface area contributed by atoms with E-state index in [2.05, 4.69) is 34.1 Å². The molecule has 2 aromatic heterocycles. The van der Waals surface area contributed by atoms with Gasteiger partial charge >= 0.3 is 0 Å². The molecule has 7 heteroatoms. The van der Waals surface area contributed by atoms with Crippen molar-refractivity contribution >= 4 is 28.5 Å². The van der Waals surface area contributed by atoms with Gasteiger partial charge in [0.25, 0.3) is 0 Å². The second-order valence-electron chi connectivity index (χ2n) is 8.30. The molecule has 1 aliphatic rings. The lowest BCUT2D eigenvalue weighted by molar-refractivity contribution is -0.125. The van der Waals surface area contributed by atoms with Crippen molar-refractivity contribution in [3.8, 4) is 11.3 Å².